The van der Waals surface area contributed by atoms with Crippen molar-refractivity contribution in [1.82, 2.24) is 9.97 Å². The van der Waals surface area contributed by atoms with E-state index in [-0.39, 0.29) is 0 Å². The SMILES string of the molecule is c1ccc2c(c1)Nc1cc3nc4ccccc4nc3cc1N2. The number of nitrogens with zero attached hydrogens (tertiary/aromatic N) is 2. The van der Waals surface area contributed by atoms with Gasteiger partial charge in [0.15, 0.2) is 0 Å². The number of anilines is 4. The van der Waals surface area contributed by atoms with Crippen molar-refractivity contribution >= 4 is 44.8 Å². The fourth-order valence-corrected chi connectivity index (χ4v) is 2.87. The highest BCUT2D eigenvalue weighted by Crippen LogP contribution is 2.39. The zero-order chi connectivity index (χ0) is 14.5. The highest BCUT2D eigenvalue weighted by atomic mass is 15.0. The minimum atomic E-state index is 0.895. The summed E-state index contributed by atoms with van der Waals surface area (Å²) in [6.07, 6.45) is 0. The standard InChI is InChI=1S/C18H12N4/c1-2-6-12-11(5-1)19-15-9-17-18(10-16(15)20-12)22-14-8-4-3-7-13(14)21-17/h1-10,19-20H. The number of fused-ring (bicyclic) bond motifs is 4. The van der Waals surface area contributed by atoms with Crippen LogP contribution in [0.4, 0.5) is 22.7 Å². The Labute approximate surface area is 126 Å². The average molecular weight is 284 g/mol. The predicted molar refractivity (Wildman–Crippen MR) is 90.1 cm³/mol. The molecule has 1 aromatic heterocycles. The van der Waals surface area contributed by atoms with Crippen molar-refractivity contribution in [2.75, 3.05) is 10.6 Å². The van der Waals surface area contributed by atoms with Crippen molar-refractivity contribution in [2.24, 2.45) is 0 Å². The third kappa shape index (κ3) is 1.64. The molecule has 3 aromatic carbocycles. The molecule has 0 unspecified atom stereocenters. The normalized spacial score (nSPS) is 12.4. The second-order valence-corrected chi connectivity index (χ2v) is 5.39. The van der Waals surface area contributed by atoms with Crippen molar-refractivity contribution < 1.29 is 0 Å². The van der Waals surface area contributed by atoms with Crippen LogP contribution in [0.5, 0.6) is 0 Å². The summed E-state index contributed by atoms with van der Waals surface area (Å²) < 4.78 is 0. The van der Waals surface area contributed by atoms with Crippen LogP contribution in [0.1, 0.15) is 0 Å². The van der Waals surface area contributed by atoms with Gasteiger partial charge in [-0.25, -0.2) is 9.97 Å². The molecule has 4 heteroatoms. The van der Waals surface area contributed by atoms with Gasteiger partial charge in [-0.3, -0.25) is 0 Å². The predicted octanol–water partition coefficient (Wildman–Crippen LogP) is 4.58. The summed E-state index contributed by atoms with van der Waals surface area (Å²) in [7, 11) is 0. The van der Waals surface area contributed by atoms with Crippen molar-refractivity contribution in [3.05, 3.63) is 60.7 Å². The minimum Gasteiger partial charge on any atom is -0.352 e. The summed E-state index contributed by atoms with van der Waals surface area (Å²) in [5.74, 6) is 0. The molecule has 0 atom stereocenters. The van der Waals surface area contributed by atoms with Gasteiger partial charge in [0, 0.05) is 0 Å². The number of hydrogen-bond donors (Lipinski definition) is 2. The van der Waals surface area contributed by atoms with Crippen LogP contribution < -0.4 is 10.6 Å². The summed E-state index contributed by atoms with van der Waals surface area (Å²) in [4.78, 5) is 9.42. The fraction of sp³-hybridized carbons (Fsp3) is 0. The second kappa shape index (κ2) is 4.18. The molecule has 5 rings (SSSR count). The van der Waals surface area contributed by atoms with Gasteiger partial charge in [0.2, 0.25) is 0 Å². The first-order valence-corrected chi connectivity index (χ1v) is 7.20. The first-order valence-electron chi connectivity index (χ1n) is 7.20. The Hall–Kier alpha value is -3.14. The highest BCUT2D eigenvalue weighted by Gasteiger charge is 2.15. The number of rotatable bonds is 0. The third-order valence-corrected chi connectivity index (χ3v) is 3.94. The summed E-state index contributed by atoms with van der Waals surface area (Å²) in [5, 5.41) is 6.90. The Morgan fingerprint density at radius 1 is 0.500 bits per heavy atom. The van der Waals surface area contributed by atoms with Crippen LogP contribution in [-0.4, -0.2) is 9.97 Å². The minimum absolute atomic E-state index is 0.895. The number of para-hydroxylation sites is 4. The molecule has 0 aliphatic carbocycles. The van der Waals surface area contributed by atoms with Crippen LogP contribution >= 0.6 is 0 Å². The van der Waals surface area contributed by atoms with Gasteiger partial charge in [-0.2, -0.15) is 0 Å². The Balaban J connectivity index is 1.75. The lowest BCUT2D eigenvalue weighted by molar-refractivity contribution is 1.38. The van der Waals surface area contributed by atoms with E-state index in [1.807, 2.05) is 48.5 Å². The highest BCUT2D eigenvalue weighted by molar-refractivity contribution is 5.98. The molecule has 0 radical (unpaired) electrons. The molecule has 2 N–H and O–H groups in total. The van der Waals surface area contributed by atoms with Gasteiger partial charge in [-0.15, -0.1) is 0 Å². The maximum absolute atomic E-state index is 4.71. The Kier molecular flexibility index (Phi) is 2.19. The topological polar surface area (TPSA) is 49.8 Å². The molecule has 1 aliphatic heterocycles. The Morgan fingerprint density at radius 3 is 1.45 bits per heavy atom. The van der Waals surface area contributed by atoms with Gasteiger partial charge in [-0.1, -0.05) is 24.3 Å². The van der Waals surface area contributed by atoms with E-state index in [2.05, 4.69) is 22.8 Å². The van der Waals surface area contributed by atoms with E-state index in [0.29, 0.717) is 0 Å². The summed E-state index contributed by atoms with van der Waals surface area (Å²) in [5.41, 5.74) is 7.81. The number of aromatic nitrogens is 2. The lowest BCUT2D eigenvalue weighted by Crippen LogP contribution is -2.06. The lowest BCUT2D eigenvalue weighted by atomic mass is 10.1. The molecule has 0 amide bonds. The van der Waals surface area contributed by atoms with Crippen LogP contribution in [0.25, 0.3) is 22.1 Å². The van der Waals surface area contributed by atoms with Crippen LogP contribution in [0.15, 0.2) is 60.7 Å². The molecule has 2 heterocycles. The zero-order valence-corrected chi connectivity index (χ0v) is 11.7. The molecule has 0 saturated carbocycles. The van der Waals surface area contributed by atoms with Gasteiger partial charge < -0.3 is 10.6 Å². The molecule has 0 spiro atoms. The van der Waals surface area contributed by atoms with Crippen LogP contribution in [0.2, 0.25) is 0 Å². The van der Waals surface area contributed by atoms with Gasteiger partial charge in [0.1, 0.15) is 0 Å². The van der Waals surface area contributed by atoms with Crippen molar-refractivity contribution in [3.8, 4) is 0 Å². The van der Waals surface area contributed by atoms with E-state index in [1.165, 1.54) is 0 Å². The molecular formula is C18H12N4. The van der Waals surface area contributed by atoms with Gasteiger partial charge in [-0.05, 0) is 36.4 Å². The second-order valence-electron chi connectivity index (χ2n) is 5.39. The van der Waals surface area contributed by atoms with Gasteiger partial charge in [0.25, 0.3) is 0 Å². The van der Waals surface area contributed by atoms with Crippen LogP contribution in [0.3, 0.4) is 0 Å². The molecule has 22 heavy (non-hydrogen) atoms. The largest absolute Gasteiger partial charge is 0.352 e. The van der Waals surface area contributed by atoms with E-state index >= 15 is 0 Å². The first-order chi connectivity index (χ1) is 10.9. The number of hydrogen-bond acceptors (Lipinski definition) is 4. The molecular weight excluding hydrogens is 272 g/mol. The van der Waals surface area contributed by atoms with E-state index in [0.717, 1.165) is 44.8 Å². The summed E-state index contributed by atoms with van der Waals surface area (Å²) in [6.45, 7) is 0. The van der Waals surface area contributed by atoms with E-state index < -0.39 is 0 Å². The first kappa shape index (κ1) is 11.5. The maximum Gasteiger partial charge on any atom is 0.0916 e. The summed E-state index contributed by atoms with van der Waals surface area (Å²) >= 11 is 0. The summed E-state index contributed by atoms with van der Waals surface area (Å²) in [6, 6.07) is 20.2. The van der Waals surface area contributed by atoms with Crippen LogP contribution in [0, 0.1) is 0 Å². The molecule has 0 saturated heterocycles. The molecule has 1 aliphatic rings. The quantitative estimate of drug-likeness (QED) is 0.408. The van der Waals surface area contributed by atoms with Crippen molar-refractivity contribution in [2.45, 2.75) is 0 Å². The van der Waals surface area contributed by atoms with E-state index in [1.54, 1.807) is 0 Å². The average Bonchev–Trinajstić information content (AvgIpc) is 2.56. The fourth-order valence-electron chi connectivity index (χ4n) is 2.87. The number of nitrogens with one attached hydrogen (secondary N) is 2. The Morgan fingerprint density at radius 2 is 0.955 bits per heavy atom. The monoisotopic (exact) mass is 284 g/mol. The third-order valence-electron chi connectivity index (χ3n) is 3.94. The van der Waals surface area contributed by atoms with E-state index in [4.69, 9.17) is 9.97 Å². The lowest BCUT2D eigenvalue weighted by Gasteiger charge is -2.23. The molecule has 4 aromatic rings. The van der Waals surface area contributed by atoms with Crippen LogP contribution in [-0.2, 0) is 0 Å². The van der Waals surface area contributed by atoms with Crippen molar-refractivity contribution in [3.63, 3.8) is 0 Å². The van der Waals surface area contributed by atoms with Gasteiger partial charge >= 0.3 is 0 Å². The Bertz CT molecular complexity index is 957. The molecule has 0 fully saturated rings. The molecule has 4 nitrogen and oxygen atoms in total. The number of benzene rings is 3. The van der Waals surface area contributed by atoms with Crippen molar-refractivity contribution in [1.29, 1.82) is 0 Å². The molecule has 104 valence electrons. The zero-order valence-electron chi connectivity index (χ0n) is 11.7. The van der Waals surface area contributed by atoms with Gasteiger partial charge in [0.05, 0.1) is 44.8 Å². The smallest absolute Gasteiger partial charge is 0.0916 e. The molecule has 0 bridgehead atoms. The maximum atomic E-state index is 4.71. The van der Waals surface area contributed by atoms with E-state index in [9.17, 15) is 0 Å².